The summed E-state index contributed by atoms with van der Waals surface area (Å²) < 4.78 is 10.3. The van der Waals surface area contributed by atoms with E-state index in [0.717, 1.165) is 0 Å². The maximum absolute atomic E-state index is 11.7. The molecule has 1 unspecified atom stereocenters. The molecule has 0 radical (unpaired) electrons. The number of ether oxygens (including phenoxy) is 1. The van der Waals surface area contributed by atoms with E-state index in [9.17, 15) is 4.79 Å². The van der Waals surface area contributed by atoms with E-state index < -0.39 is 0 Å². The van der Waals surface area contributed by atoms with Gasteiger partial charge in [-0.05, 0) is 19.8 Å². The van der Waals surface area contributed by atoms with Gasteiger partial charge in [0.1, 0.15) is 5.76 Å². The van der Waals surface area contributed by atoms with Crippen LogP contribution in [0, 0.1) is 12.8 Å². The molecule has 0 saturated carbocycles. The lowest BCUT2D eigenvalue weighted by Crippen LogP contribution is -2.42. The van der Waals surface area contributed by atoms with Gasteiger partial charge in [0, 0.05) is 18.7 Å². The highest BCUT2D eigenvalue weighted by Gasteiger charge is 2.14. The van der Waals surface area contributed by atoms with Crippen molar-refractivity contribution in [3.8, 4) is 0 Å². The summed E-state index contributed by atoms with van der Waals surface area (Å²) in [4.78, 5) is 11.7. The molecule has 0 aliphatic rings. The van der Waals surface area contributed by atoms with Crippen molar-refractivity contribution in [3.05, 3.63) is 11.8 Å². The van der Waals surface area contributed by atoms with E-state index in [1.807, 2.05) is 6.92 Å². The highest BCUT2D eigenvalue weighted by atomic mass is 16.5. The molecule has 1 aromatic rings. The molecular formula is C13H23N3O3. The van der Waals surface area contributed by atoms with Gasteiger partial charge in [-0.2, -0.15) is 0 Å². The summed E-state index contributed by atoms with van der Waals surface area (Å²) in [5.41, 5.74) is 0. The average Bonchev–Trinajstić information content (AvgIpc) is 2.74. The van der Waals surface area contributed by atoms with E-state index in [0.29, 0.717) is 30.7 Å². The van der Waals surface area contributed by atoms with Gasteiger partial charge in [0.2, 0.25) is 5.91 Å². The summed E-state index contributed by atoms with van der Waals surface area (Å²) in [5, 5.41) is 9.56. The number of aromatic nitrogens is 1. The second kappa shape index (κ2) is 7.91. The van der Waals surface area contributed by atoms with Crippen LogP contribution in [0.5, 0.6) is 0 Å². The number of carbonyl (C=O) groups excluding carboxylic acids is 1. The third kappa shape index (κ3) is 5.85. The van der Waals surface area contributed by atoms with Gasteiger partial charge < -0.3 is 19.9 Å². The molecule has 0 aliphatic heterocycles. The minimum absolute atomic E-state index is 0.143. The van der Waals surface area contributed by atoms with Crippen molar-refractivity contribution in [3.63, 3.8) is 0 Å². The SMILES string of the molecule is CCOCC(NCC(=O)Nc1cc(C)on1)C(C)C. The van der Waals surface area contributed by atoms with Gasteiger partial charge in [-0.1, -0.05) is 19.0 Å². The molecular weight excluding hydrogens is 246 g/mol. The summed E-state index contributed by atoms with van der Waals surface area (Å²) in [6, 6.07) is 1.84. The lowest BCUT2D eigenvalue weighted by Gasteiger charge is -2.21. The zero-order valence-electron chi connectivity index (χ0n) is 12.0. The fourth-order valence-electron chi connectivity index (χ4n) is 1.57. The molecule has 1 heterocycles. The average molecular weight is 269 g/mol. The fraction of sp³-hybridized carbons (Fsp3) is 0.692. The van der Waals surface area contributed by atoms with Crippen LogP contribution >= 0.6 is 0 Å². The number of hydrogen-bond acceptors (Lipinski definition) is 5. The van der Waals surface area contributed by atoms with E-state index in [-0.39, 0.29) is 18.5 Å². The molecule has 0 spiro atoms. The van der Waals surface area contributed by atoms with Gasteiger partial charge in [-0.15, -0.1) is 0 Å². The van der Waals surface area contributed by atoms with Crippen LogP contribution in [0.2, 0.25) is 0 Å². The molecule has 0 aliphatic carbocycles. The van der Waals surface area contributed by atoms with Crippen molar-refractivity contribution >= 4 is 11.7 Å². The molecule has 1 rings (SSSR count). The second-order valence-electron chi connectivity index (χ2n) is 4.76. The van der Waals surface area contributed by atoms with E-state index in [1.165, 1.54) is 0 Å². The zero-order chi connectivity index (χ0) is 14.3. The number of amides is 1. The Bertz CT molecular complexity index is 390. The molecule has 108 valence electrons. The first kappa shape index (κ1) is 15.7. The van der Waals surface area contributed by atoms with Gasteiger partial charge >= 0.3 is 0 Å². The van der Waals surface area contributed by atoms with E-state index >= 15 is 0 Å². The standard InChI is InChI=1S/C13H23N3O3/c1-5-18-8-11(9(2)3)14-7-13(17)15-12-6-10(4)19-16-12/h6,9,11,14H,5,7-8H2,1-4H3,(H,15,16,17). The lowest BCUT2D eigenvalue weighted by molar-refractivity contribution is -0.115. The number of rotatable bonds is 8. The molecule has 19 heavy (non-hydrogen) atoms. The maximum Gasteiger partial charge on any atom is 0.239 e. The van der Waals surface area contributed by atoms with Gasteiger partial charge in [-0.25, -0.2) is 0 Å². The third-order valence-electron chi connectivity index (χ3n) is 2.73. The number of hydrogen-bond donors (Lipinski definition) is 2. The number of nitrogens with zero attached hydrogens (tertiary/aromatic N) is 1. The van der Waals surface area contributed by atoms with Crippen molar-refractivity contribution < 1.29 is 14.1 Å². The van der Waals surface area contributed by atoms with Gasteiger partial charge in [0.15, 0.2) is 5.82 Å². The van der Waals surface area contributed by atoms with Crippen LogP contribution in [0.4, 0.5) is 5.82 Å². The predicted molar refractivity (Wildman–Crippen MR) is 73.0 cm³/mol. The van der Waals surface area contributed by atoms with E-state index in [4.69, 9.17) is 9.26 Å². The normalized spacial score (nSPS) is 12.7. The van der Waals surface area contributed by atoms with E-state index in [2.05, 4.69) is 29.6 Å². The topological polar surface area (TPSA) is 76.4 Å². The summed E-state index contributed by atoms with van der Waals surface area (Å²) in [7, 11) is 0. The Labute approximate surface area is 113 Å². The molecule has 1 atom stereocenters. The first-order valence-electron chi connectivity index (χ1n) is 6.57. The van der Waals surface area contributed by atoms with E-state index in [1.54, 1.807) is 13.0 Å². The lowest BCUT2D eigenvalue weighted by atomic mass is 10.1. The molecule has 6 heteroatoms. The van der Waals surface area contributed by atoms with Crippen molar-refractivity contribution in [2.24, 2.45) is 5.92 Å². The molecule has 1 amide bonds. The monoisotopic (exact) mass is 269 g/mol. The minimum atomic E-state index is -0.143. The van der Waals surface area contributed by atoms with Crippen LogP contribution in [0.25, 0.3) is 0 Å². The van der Waals surface area contributed by atoms with Crippen molar-refractivity contribution in [1.29, 1.82) is 0 Å². The van der Waals surface area contributed by atoms with Crippen LogP contribution in [0.1, 0.15) is 26.5 Å². The Morgan fingerprint density at radius 1 is 1.53 bits per heavy atom. The highest BCUT2D eigenvalue weighted by Crippen LogP contribution is 2.06. The molecule has 0 bridgehead atoms. The van der Waals surface area contributed by atoms with Crippen LogP contribution in [-0.2, 0) is 9.53 Å². The maximum atomic E-state index is 11.7. The Morgan fingerprint density at radius 3 is 2.79 bits per heavy atom. The van der Waals surface area contributed by atoms with Crippen LogP contribution in [0.3, 0.4) is 0 Å². The number of nitrogens with one attached hydrogen (secondary N) is 2. The molecule has 2 N–H and O–H groups in total. The quantitative estimate of drug-likeness (QED) is 0.749. The minimum Gasteiger partial charge on any atom is -0.380 e. The molecule has 0 aromatic carbocycles. The molecule has 6 nitrogen and oxygen atoms in total. The number of anilines is 1. The zero-order valence-corrected chi connectivity index (χ0v) is 12.0. The second-order valence-corrected chi connectivity index (χ2v) is 4.76. The molecule has 1 aromatic heterocycles. The first-order valence-corrected chi connectivity index (χ1v) is 6.57. The Balaban J connectivity index is 2.34. The summed E-state index contributed by atoms with van der Waals surface area (Å²) >= 11 is 0. The number of carbonyl (C=O) groups is 1. The Hall–Kier alpha value is -1.40. The van der Waals surface area contributed by atoms with Gasteiger partial charge in [-0.3, -0.25) is 4.79 Å². The third-order valence-corrected chi connectivity index (χ3v) is 2.73. The van der Waals surface area contributed by atoms with Crippen molar-refractivity contribution in [1.82, 2.24) is 10.5 Å². The van der Waals surface area contributed by atoms with Crippen molar-refractivity contribution in [2.45, 2.75) is 33.7 Å². The summed E-state index contributed by atoms with van der Waals surface area (Å²) in [5.74, 6) is 1.36. The Morgan fingerprint density at radius 2 is 2.26 bits per heavy atom. The van der Waals surface area contributed by atoms with Crippen LogP contribution in [-0.4, -0.2) is 36.9 Å². The van der Waals surface area contributed by atoms with Crippen LogP contribution in [0.15, 0.2) is 10.6 Å². The largest absolute Gasteiger partial charge is 0.380 e. The Kier molecular flexibility index (Phi) is 6.52. The number of aryl methyl sites for hydroxylation is 1. The summed E-state index contributed by atoms with van der Waals surface area (Å²) in [6.45, 7) is 9.42. The molecule has 0 saturated heterocycles. The highest BCUT2D eigenvalue weighted by molar-refractivity contribution is 5.91. The molecule has 0 fully saturated rings. The van der Waals surface area contributed by atoms with Crippen molar-refractivity contribution in [2.75, 3.05) is 25.1 Å². The fourth-order valence-corrected chi connectivity index (χ4v) is 1.57. The predicted octanol–water partition coefficient (Wildman–Crippen LogP) is 1.57. The first-order chi connectivity index (χ1) is 9.02. The summed E-state index contributed by atoms with van der Waals surface area (Å²) in [6.07, 6.45) is 0. The van der Waals surface area contributed by atoms with Gasteiger partial charge in [0.05, 0.1) is 13.2 Å². The van der Waals surface area contributed by atoms with Gasteiger partial charge in [0.25, 0.3) is 0 Å². The smallest absolute Gasteiger partial charge is 0.239 e. The van der Waals surface area contributed by atoms with Crippen LogP contribution < -0.4 is 10.6 Å².